The van der Waals surface area contributed by atoms with Crippen molar-refractivity contribution in [2.75, 3.05) is 5.32 Å². The molecular weight excluding hydrogens is 304 g/mol. The predicted molar refractivity (Wildman–Crippen MR) is 74.8 cm³/mol. The summed E-state index contributed by atoms with van der Waals surface area (Å²) < 4.78 is 0.388. The summed E-state index contributed by atoms with van der Waals surface area (Å²) in [5.41, 5.74) is 0.257. The van der Waals surface area contributed by atoms with E-state index in [2.05, 4.69) is 10.3 Å². The number of anilines is 1. The zero-order valence-electron chi connectivity index (χ0n) is 9.96. The summed E-state index contributed by atoms with van der Waals surface area (Å²) in [5, 5.41) is 20.9. The highest BCUT2D eigenvalue weighted by molar-refractivity contribution is 7.15. The molecule has 0 spiro atoms. The Morgan fingerprint density at radius 2 is 2.05 bits per heavy atom. The lowest BCUT2D eigenvalue weighted by Gasteiger charge is -2.09. The molecule has 104 valence electrons. The summed E-state index contributed by atoms with van der Waals surface area (Å²) in [6.45, 7) is 0.313. The third kappa shape index (κ3) is 3.25. The average Bonchev–Trinajstić information content (AvgIpc) is 2.81. The van der Waals surface area contributed by atoms with Gasteiger partial charge in [0.05, 0.1) is 17.7 Å². The summed E-state index contributed by atoms with van der Waals surface area (Å²) in [6, 6.07) is 3.79. The summed E-state index contributed by atoms with van der Waals surface area (Å²) in [6.07, 6.45) is 1.57. The van der Waals surface area contributed by atoms with Gasteiger partial charge in [0.15, 0.2) is 4.47 Å². The minimum absolute atomic E-state index is 0.00520. The van der Waals surface area contributed by atoms with Crippen molar-refractivity contribution in [3.05, 3.63) is 44.9 Å². The van der Waals surface area contributed by atoms with E-state index in [1.165, 1.54) is 29.5 Å². The molecule has 0 amide bonds. The van der Waals surface area contributed by atoms with Crippen molar-refractivity contribution in [3.8, 4) is 0 Å². The van der Waals surface area contributed by atoms with Crippen LogP contribution in [0.1, 0.15) is 25.6 Å². The highest BCUT2D eigenvalue weighted by Gasteiger charge is 2.13. The Labute approximate surface area is 122 Å². The first kappa shape index (κ1) is 14.3. The van der Waals surface area contributed by atoms with Crippen LogP contribution in [0.25, 0.3) is 0 Å². The molecule has 0 bridgehead atoms. The van der Waals surface area contributed by atoms with Gasteiger partial charge in [-0.3, -0.25) is 0 Å². The standard InChI is InChI=1S/C12H9ClN2O4S/c13-12-15-5-7(20-12)4-14-9-3-6(10(16)17)1-2-8(9)11(18)19/h1-3,5,14H,4H2,(H,16,17)(H,18,19). The molecule has 1 aromatic carbocycles. The van der Waals surface area contributed by atoms with Crippen molar-refractivity contribution < 1.29 is 19.8 Å². The topological polar surface area (TPSA) is 99.5 Å². The van der Waals surface area contributed by atoms with Crippen molar-refractivity contribution in [3.63, 3.8) is 0 Å². The number of carboxylic acid groups (broad SMARTS) is 2. The highest BCUT2D eigenvalue weighted by Crippen LogP contribution is 2.22. The number of thiazole rings is 1. The number of rotatable bonds is 5. The number of hydrogen-bond donors (Lipinski definition) is 3. The van der Waals surface area contributed by atoms with Crippen LogP contribution in [-0.2, 0) is 6.54 Å². The van der Waals surface area contributed by atoms with E-state index in [0.717, 1.165) is 4.88 Å². The third-order valence-corrected chi connectivity index (χ3v) is 3.59. The number of carbonyl (C=O) groups is 2. The maximum atomic E-state index is 11.1. The summed E-state index contributed by atoms with van der Waals surface area (Å²) >= 11 is 6.96. The highest BCUT2D eigenvalue weighted by atomic mass is 35.5. The Kier molecular flexibility index (Phi) is 4.21. The van der Waals surface area contributed by atoms with Crippen LogP contribution >= 0.6 is 22.9 Å². The number of aromatic carboxylic acids is 2. The van der Waals surface area contributed by atoms with Crippen molar-refractivity contribution in [1.29, 1.82) is 0 Å². The molecule has 1 heterocycles. The van der Waals surface area contributed by atoms with Crippen molar-refractivity contribution in [1.82, 2.24) is 4.98 Å². The van der Waals surface area contributed by atoms with Crippen LogP contribution in [0, 0.1) is 0 Å². The lowest BCUT2D eigenvalue weighted by Crippen LogP contribution is -2.08. The van der Waals surface area contributed by atoms with E-state index in [1.54, 1.807) is 6.20 Å². The van der Waals surface area contributed by atoms with Gasteiger partial charge in [-0.25, -0.2) is 14.6 Å². The molecule has 0 aliphatic heterocycles. The first-order chi connectivity index (χ1) is 9.47. The monoisotopic (exact) mass is 312 g/mol. The summed E-state index contributed by atoms with van der Waals surface area (Å²) in [4.78, 5) is 26.7. The zero-order valence-corrected chi connectivity index (χ0v) is 11.5. The Bertz CT molecular complexity index is 671. The van der Waals surface area contributed by atoms with Gasteiger partial charge in [0.1, 0.15) is 0 Å². The SMILES string of the molecule is O=C(O)c1ccc(C(=O)O)c(NCc2cnc(Cl)s2)c1. The number of halogens is 1. The molecule has 0 unspecified atom stereocenters. The average molecular weight is 313 g/mol. The van der Waals surface area contributed by atoms with Crippen LogP contribution in [0.15, 0.2) is 24.4 Å². The second kappa shape index (κ2) is 5.89. The van der Waals surface area contributed by atoms with E-state index in [4.69, 9.17) is 21.8 Å². The zero-order chi connectivity index (χ0) is 14.7. The molecule has 0 saturated carbocycles. The molecule has 6 nitrogen and oxygen atoms in total. The van der Waals surface area contributed by atoms with E-state index in [1.807, 2.05) is 0 Å². The molecule has 2 aromatic rings. The van der Waals surface area contributed by atoms with E-state index < -0.39 is 11.9 Å². The minimum atomic E-state index is -1.13. The molecular formula is C12H9ClN2O4S. The molecule has 20 heavy (non-hydrogen) atoms. The molecule has 1 aromatic heterocycles. The molecule has 0 radical (unpaired) electrons. The van der Waals surface area contributed by atoms with Gasteiger partial charge in [-0.15, -0.1) is 11.3 Å². The predicted octanol–water partition coefficient (Wildman–Crippen LogP) is 2.81. The Balaban J connectivity index is 2.25. The van der Waals surface area contributed by atoms with Crippen molar-refractivity contribution in [2.45, 2.75) is 6.54 Å². The quantitative estimate of drug-likeness (QED) is 0.785. The maximum Gasteiger partial charge on any atom is 0.337 e. The smallest absolute Gasteiger partial charge is 0.337 e. The summed E-state index contributed by atoms with van der Waals surface area (Å²) in [7, 11) is 0. The first-order valence-corrected chi connectivity index (χ1v) is 6.61. The van der Waals surface area contributed by atoms with Gasteiger partial charge in [-0.2, -0.15) is 0 Å². The number of nitrogens with zero attached hydrogens (tertiary/aromatic N) is 1. The van der Waals surface area contributed by atoms with E-state index in [-0.39, 0.29) is 16.8 Å². The second-order valence-electron chi connectivity index (χ2n) is 3.80. The van der Waals surface area contributed by atoms with Crippen LogP contribution in [0.3, 0.4) is 0 Å². The molecule has 0 saturated heterocycles. The fraction of sp³-hybridized carbons (Fsp3) is 0.0833. The van der Waals surface area contributed by atoms with Gasteiger partial charge in [0.2, 0.25) is 0 Å². The lowest BCUT2D eigenvalue weighted by atomic mass is 10.1. The third-order valence-electron chi connectivity index (χ3n) is 2.48. The van der Waals surface area contributed by atoms with Crippen LogP contribution in [0.2, 0.25) is 4.47 Å². The van der Waals surface area contributed by atoms with E-state index in [9.17, 15) is 9.59 Å². The van der Waals surface area contributed by atoms with Gasteiger partial charge < -0.3 is 15.5 Å². The number of benzene rings is 1. The Morgan fingerprint density at radius 3 is 2.60 bits per heavy atom. The molecule has 0 atom stereocenters. The van der Waals surface area contributed by atoms with Crippen molar-refractivity contribution in [2.24, 2.45) is 0 Å². The van der Waals surface area contributed by atoms with Gasteiger partial charge >= 0.3 is 11.9 Å². The first-order valence-electron chi connectivity index (χ1n) is 5.42. The molecule has 0 aliphatic carbocycles. The van der Waals surface area contributed by atoms with Crippen LogP contribution in [-0.4, -0.2) is 27.1 Å². The number of aromatic nitrogens is 1. The van der Waals surface area contributed by atoms with E-state index in [0.29, 0.717) is 11.0 Å². The number of carboxylic acids is 2. The minimum Gasteiger partial charge on any atom is -0.478 e. The largest absolute Gasteiger partial charge is 0.478 e. The lowest BCUT2D eigenvalue weighted by molar-refractivity contribution is 0.0682. The van der Waals surface area contributed by atoms with Gasteiger partial charge in [-0.1, -0.05) is 11.6 Å². The Hall–Kier alpha value is -2.12. The fourth-order valence-electron chi connectivity index (χ4n) is 1.56. The molecule has 2 rings (SSSR count). The maximum absolute atomic E-state index is 11.1. The summed E-state index contributed by atoms with van der Waals surface area (Å²) in [5.74, 6) is -2.25. The van der Waals surface area contributed by atoms with Gasteiger partial charge in [-0.05, 0) is 18.2 Å². The van der Waals surface area contributed by atoms with Crippen LogP contribution in [0.5, 0.6) is 0 Å². The van der Waals surface area contributed by atoms with Crippen molar-refractivity contribution >= 4 is 40.6 Å². The van der Waals surface area contributed by atoms with Crippen LogP contribution < -0.4 is 5.32 Å². The molecule has 3 N–H and O–H groups in total. The van der Waals surface area contributed by atoms with Gasteiger partial charge in [0.25, 0.3) is 0 Å². The Morgan fingerprint density at radius 1 is 1.30 bits per heavy atom. The van der Waals surface area contributed by atoms with Crippen LogP contribution in [0.4, 0.5) is 5.69 Å². The normalized spacial score (nSPS) is 10.2. The van der Waals surface area contributed by atoms with Gasteiger partial charge in [0, 0.05) is 16.8 Å². The molecule has 8 heteroatoms. The number of nitrogens with one attached hydrogen (secondary N) is 1. The fourth-order valence-corrected chi connectivity index (χ4v) is 2.48. The number of hydrogen-bond acceptors (Lipinski definition) is 5. The second-order valence-corrected chi connectivity index (χ2v) is 5.50. The van der Waals surface area contributed by atoms with E-state index >= 15 is 0 Å². The molecule has 0 aliphatic rings. The molecule has 0 fully saturated rings.